The fraction of sp³-hybridized carbons (Fsp3) is 0.724. The topological polar surface area (TPSA) is 111 Å². The van der Waals surface area contributed by atoms with Crippen LogP contribution in [0.5, 0.6) is 0 Å². The van der Waals surface area contributed by atoms with Gasteiger partial charge in [0.2, 0.25) is 5.91 Å². The number of phosphoric ester groups is 1. The van der Waals surface area contributed by atoms with Crippen molar-refractivity contribution in [3.63, 3.8) is 0 Å². The Morgan fingerprint density at radius 3 is 1.87 bits per heavy atom. The van der Waals surface area contributed by atoms with Gasteiger partial charge in [0.15, 0.2) is 0 Å². The summed E-state index contributed by atoms with van der Waals surface area (Å²) in [7, 11) is -4.27. The Bertz CT molecular complexity index is 805. The molecule has 0 aliphatic carbocycles. The van der Waals surface area contributed by atoms with Gasteiger partial charge in [-0.1, -0.05) is 102 Å². The number of nitrogens with one attached hydrogen (secondary N) is 1. The van der Waals surface area contributed by atoms with Gasteiger partial charge in [-0.05, 0) is 31.9 Å². The Kier molecular flexibility index (Phi) is 19.1. The average Bonchev–Trinajstić information content (AvgIpc) is 2.88. The minimum atomic E-state index is -4.27. The van der Waals surface area contributed by atoms with Gasteiger partial charge in [0.05, 0.1) is 24.8 Å². The van der Waals surface area contributed by atoms with Crippen molar-refractivity contribution in [3.8, 4) is 0 Å². The fourth-order valence-corrected chi connectivity index (χ4v) is 5.11. The molecule has 218 valence electrons. The molecule has 9 heteroatoms. The Labute approximate surface area is 229 Å². The van der Waals surface area contributed by atoms with Gasteiger partial charge in [0, 0.05) is 6.92 Å². The van der Waals surface area contributed by atoms with E-state index < -0.39 is 25.9 Å². The van der Waals surface area contributed by atoms with Gasteiger partial charge in [-0.15, -0.1) is 0 Å². The molecular weight excluding hydrogens is 505 g/mol. The molecular formula is C29H50NO7P. The molecule has 1 aromatic rings. The Morgan fingerprint density at radius 1 is 0.842 bits per heavy atom. The number of carbonyl (C=O) groups excluding carboxylic acids is 2. The van der Waals surface area contributed by atoms with Crippen LogP contribution in [0.1, 0.15) is 121 Å². The summed E-state index contributed by atoms with van der Waals surface area (Å²) in [6.07, 6.45) is 15.6. The van der Waals surface area contributed by atoms with Gasteiger partial charge in [-0.25, -0.2) is 9.36 Å². The number of benzene rings is 1. The van der Waals surface area contributed by atoms with Crippen molar-refractivity contribution in [1.29, 1.82) is 0 Å². The monoisotopic (exact) mass is 555 g/mol. The highest BCUT2D eigenvalue weighted by Gasteiger charge is 2.30. The number of phosphoric acid groups is 1. The van der Waals surface area contributed by atoms with Crippen LogP contribution in [0, 0.1) is 0 Å². The summed E-state index contributed by atoms with van der Waals surface area (Å²) in [4.78, 5) is 34.5. The molecule has 0 heterocycles. The van der Waals surface area contributed by atoms with Crippen LogP contribution in [0.3, 0.4) is 0 Å². The van der Waals surface area contributed by atoms with Crippen LogP contribution >= 0.6 is 7.82 Å². The molecule has 1 aromatic carbocycles. The van der Waals surface area contributed by atoms with E-state index in [1.54, 1.807) is 31.2 Å². The molecule has 0 aromatic heterocycles. The van der Waals surface area contributed by atoms with E-state index in [0.717, 1.165) is 19.3 Å². The van der Waals surface area contributed by atoms with Crippen LogP contribution in [-0.2, 0) is 23.1 Å². The molecule has 0 aliphatic rings. The van der Waals surface area contributed by atoms with Crippen molar-refractivity contribution in [2.45, 2.75) is 123 Å². The molecule has 38 heavy (non-hydrogen) atoms. The van der Waals surface area contributed by atoms with Crippen molar-refractivity contribution in [2.24, 2.45) is 0 Å². The summed E-state index contributed by atoms with van der Waals surface area (Å²) in [6, 6.07) is 7.82. The zero-order valence-corrected chi connectivity index (χ0v) is 24.6. The summed E-state index contributed by atoms with van der Waals surface area (Å²) in [5.41, 5.74) is 0.396. The summed E-state index contributed by atoms with van der Waals surface area (Å²) >= 11 is 0. The maximum atomic E-state index is 12.8. The van der Waals surface area contributed by atoms with E-state index in [2.05, 4.69) is 12.2 Å². The summed E-state index contributed by atoms with van der Waals surface area (Å²) in [5.74, 6) is -0.869. The number of hydrogen-bond donors (Lipinski definition) is 2. The minimum Gasteiger partial charge on any atom is -0.456 e. The van der Waals surface area contributed by atoms with Gasteiger partial charge < -0.3 is 14.9 Å². The highest BCUT2D eigenvalue weighted by molar-refractivity contribution is 7.47. The van der Waals surface area contributed by atoms with Gasteiger partial charge in [0.25, 0.3) is 0 Å². The lowest BCUT2D eigenvalue weighted by atomic mass is 10.0. The Hall–Kier alpha value is -1.73. The largest absolute Gasteiger partial charge is 0.472 e. The molecule has 0 spiro atoms. The van der Waals surface area contributed by atoms with Crippen molar-refractivity contribution in [1.82, 2.24) is 5.32 Å². The quantitative estimate of drug-likeness (QED) is 0.0825. The van der Waals surface area contributed by atoms with Crippen molar-refractivity contribution >= 4 is 19.7 Å². The molecule has 0 saturated carbocycles. The highest BCUT2D eigenvalue weighted by Crippen LogP contribution is 2.43. The smallest absolute Gasteiger partial charge is 0.456 e. The second-order valence-electron chi connectivity index (χ2n) is 9.83. The lowest BCUT2D eigenvalue weighted by molar-refractivity contribution is -0.121. The van der Waals surface area contributed by atoms with E-state index in [-0.39, 0.29) is 19.1 Å². The number of hydrogen-bond acceptors (Lipinski definition) is 6. The Morgan fingerprint density at radius 2 is 1.37 bits per heavy atom. The van der Waals surface area contributed by atoms with Crippen molar-refractivity contribution < 1.29 is 32.8 Å². The third kappa shape index (κ3) is 17.0. The molecule has 1 unspecified atom stereocenters. The van der Waals surface area contributed by atoms with Crippen LogP contribution in [0.2, 0.25) is 0 Å². The third-order valence-electron chi connectivity index (χ3n) is 6.41. The van der Waals surface area contributed by atoms with E-state index in [1.165, 1.54) is 71.1 Å². The SMILES string of the molecule is CCCCCCCCCCCCCCC[C@@H](OC(=O)c1ccccc1)[C@H](COP(=O)(O)OCC)NC(C)=O. The zero-order valence-electron chi connectivity index (χ0n) is 23.7. The first-order valence-corrected chi connectivity index (χ1v) is 15.9. The predicted molar refractivity (Wildman–Crippen MR) is 151 cm³/mol. The summed E-state index contributed by atoms with van der Waals surface area (Å²) < 4.78 is 27.7. The zero-order chi connectivity index (χ0) is 28.1. The van der Waals surface area contributed by atoms with E-state index in [0.29, 0.717) is 12.0 Å². The second-order valence-corrected chi connectivity index (χ2v) is 11.3. The van der Waals surface area contributed by atoms with E-state index in [9.17, 15) is 19.0 Å². The van der Waals surface area contributed by atoms with Crippen LogP contribution in [0.4, 0.5) is 0 Å². The van der Waals surface area contributed by atoms with Crippen molar-refractivity contribution in [3.05, 3.63) is 35.9 Å². The number of unbranched alkanes of at least 4 members (excludes halogenated alkanes) is 12. The molecule has 0 aliphatic heterocycles. The number of rotatable bonds is 23. The molecule has 1 rings (SSSR count). The van der Waals surface area contributed by atoms with Gasteiger partial charge in [-0.3, -0.25) is 13.8 Å². The van der Waals surface area contributed by atoms with Crippen LogP contribution in [0.15, 0.2) is 30.3 Å². The van der Waals surface area contributed by atoms with Crippen LogP contribution in [-0.4, -0.2) is 42.1 Å². The molecule has 0 bridgehead atoms. The molecule has 8 nitrogen and oxygen atoms in total. The average molecular weight is 556 g/mol. The van der Waals surface area contributed by atoms with Crippen LogP contribution < -0.4 is 5.32 Å². The van der Waals surface area contributed by atoms with Gasteiger partial charge in [-0.2, -0.15) is 0 Å². The number of esters is 1. The second kappa shape index (κ2) is 21.1. The number of carbonyl (C=O) groups is 2. The first-order chi connectivity index (χ1) is 18.3. The summed E-state index contributed by atoms with van der Waals surface area (Å²) in [5, 5.41) is 2.72. The number of ether oxygens (including phenoxy) is 1. The van der Waals surface area contributed by atoms with Gasteiger partial charge in [0.1, 0.15) is 6.10 Å². The maximum Gasteiger partial charge on any atom is 0.472 e. The predicted octanol–water partition coefficient (Wildman–Crippen LogP) is 7.35. The lowest BCUT2D eigenvalue weighted by Crippen LogP contribution is -2.47. The highest BCUT2D eigenvalue weighted by atomic mass is 31.2. The van der Waals surface area contributed by atoms with Crippen molar-refractivity contribution in [2.75, 3.05) is 13.2 Å². The first-order valence-electron chi connectivity index (χ1n) is 14.4. The molecule has 3 atom stereocenters. The molecule has 0 radical (unpaired) electrons. The first kappa shape index (κ1) is 34.3. The van der Waals surface area contributed by atoms with E-state index in [4.69, 9.17) is 13.8 Å². The molecule has 2 N–H and O–H groups in total. The summed E-state index contributed by atoms with van der Waals surface area (Å²) in [6.45, 7) is 4.85. The standard InChI is InChI=1S/C29H50NO7P/c1-4-6-7-8-9-10-11-12-13-14-15-16-20-23-28(37-29(32)26-21-18-17-19-22-26)27(30-25(3)31)24-36-38(33,34)35-5-2/h17-19,21-22,27-28H,4-16,20,23-24H2,1-3H3,(H,30,31)(H,33,34)/t27-,28+/m0/s1. The lowest BCUT2D eigenvalue weighted by Gasteiger charge is -2.28. The molecule has 1 amide bonds. The Balaban J connectivity index is 2.57. The van der Waals surface area contributed by atoms with E-state index in [1.807, 2.05) is 6.07 Å². The normalized spacial score (nSPS) is 14.4. The number of amides is 1. The maximum absolute atomic E-state index is 12.8. The van der Waals surface area contributed by atoms with Gasteiger partial charge >= 0.3 is 13.8 Å². The molecule has 0 fully saturated rings. The van der Waals surface area contributed by atoms with Crippen LogP contribution in [0.25, 0.3) is 0 Å². The third-order valence-corrected chi connectivity index (χ3v) is 7.47. The molecule has 0 saturated heterocycles. The fourth-order valence-electron chi connectivity index (χ4n) is 4.36. The van der Waals surface area contributed by atoms with E-state index >= 15 is 0 Å². The minimum absolute atomic E-state index is 0.00393.